The first-order valence-corrected chi connectivity index (χ1v) is 5.10. The standard InChI is InChI=1S/C11H20O2/c1-4-5-6-7-11(3)10(13-11)9(2)8-12/h6-7,9-10,12H,4-5,8H2,1-3H3/b7-6+/t9-,10-,11+/m1/s1. The minimum absolute atomic E-state index is 0.0999. The van der Waals surface area contributed by atoms with Gasteiger partial charge in [0.05, 0.1) is 6.10 Å². The average Bonchev–Trinajstić information content (AvgIpc) is 2.78. The highest BCUT2D eigenvalue weighted by Gasteiger charge is 2.52. The van der Waals surface area contributed by atoms with Crippen LogP contribution in [0.4, 0.5) is 0 Å². The lowest BCUT2D eigenvalue weighted by Crippen LogP contribution is -2.16. The Balaban J connectivity index is 2.36. The number of unbranched alkanes of at least 4 members (excludes halogenated alkanes) is 1. The van der Waals surface area contributed by atoms with Crippen LogP contribution in [0.2, 0.25) is 0 Å². The molecule has 0 saturated carbocycles. The molecule has 0 spiro atoms. The van der Waals surface area contributed by atoms with E-state index in [9.17, 15) is 0 Å². The van der Waals surface area contributed by atoms with E-state index < -0.39 is 0 Å². The van der Waals surface area contributed by atoms with Crippen molar-refractivity contribution in [3.8, 4) is 0 Å². The summed E-state index contributed by atoms with van der Waals surface area (Å²) in [5, 5.41) is 8.94. The lowest BCUT2D eigenvalue weighted by atomic mass is 9.97. The van der Waals surface area contributed by atoms with Crippen LogP contribution in [-0.2, 0) is 4.74 Å². The van der Waals surface area contributed by atoms with Crippen LogP contribution in [0, 0.1) is 5.92 Å². The van der Waals surface area contributed by atoms with Gasteiger partial charge in [-0.2, -0.15) is 0 Å². The molecule has 0 radical (unpaired) electrons. The van der Waals surface area contributed by atoms with Gasteiger partial charge < -0.3 is 9.84 Å². The first-order chi connectivity index (χ1) is 6.14. The molecule has 1 saturated heterocycles. The third kappa shape index (κ3) is 2.55. The number of aliphatic hydroxyl groups excluding tert-OH is 1. The van der Waals surface area contributed by atoms with E-state index in [4.69, 9.17) is 9.84 Å². The van der Waals surface area contributed by atoms with Crippen molar-refractivity contribution in [2.45, 2.75) is 45.3 Å². The topological polar surface area (TPSA) is 32.8 Å². The Kier molecular flexibility index (Phi) is 3.51. The molecule has 1 aliphatic rings. The van der Waals surface area contributed by atoms with Crippen molar-refractivity contribution >= 4 is 0 Å². The summed E-state index contributed by atoms with van der Waals surface area (Å²) in [6.07, 6.45) is 6.80. The monoisotopic (exact) mass is 184 g/mol. The van der Waals surface area contributed by atoms with E-state index in [-0.39, 0.29) is 24.2 Å². The number of aliphatic hydroxyl groups is 1. The summed E-state index contributed by atoms with van der Waals surface area (Å²) >= 11 is 0. The molecule has 0 unspecified atom stereocenters. The molecule has 1 rings (SSSR count). The number of hydrogen-bond donors (Lipinski definition) is 1. The highest BCUT2D eigenvalue weighted by molar-refractivity contribution is 5.15. The summed E-state index contributed by atoms with van der Waals surface area (Å²) in [7, 11) is 0. The summed E-state index contributed by atoms with van der Waals surface area (Å²) in [4.78, 5) is 0. The second-order valence-electron chi connectivity index (χ2n) is 4.07. The van der Waals surface area contributed by atoms with Crippen LogP contribution in [0.15, 0.2) is 12.2 Å². The number of allylic oxidation sites excluding steroid dienone is 1. The Labute approximate surface area is 80.6 Å². The summed E-state index contributed by atoms with van der Waals surface area (Å²) in [5.74, 6) is 0.247. The first-order valence-electron chi connectivity index (χ1n) is 5.10. The molecule has 0 aromatic carbocycles. The minimum atomic E-state index is -0.0999. The maximum absolute atomic E-state index is 8.94. The van der Waals surface area contributed by atoms with Crippen molar-refractivity contribution < 1.29 is 9.84 Å². The predicted molar refractivity (Wildman–Crippen MR) is 53.6 cm³/mol. The molecule has 76 valence electrons. The van der Waals surface area contributed by atoms with Gasteiger partial charge in [0, 0.05) is 12.5 Å². The largest absolute Gasteiger partial charge is 0.396 e. The van der Waals surface area contributed by atoms with Crippen molar-refractivity contribution in [2.24, 2.45) is 5.92 Å². The number of epoxide rings is 1. The fourth-order valence-electron chi connectivity index (χ4n) is 1.63. The predicted octanol–water partition coefficient (Wildman–Crippen LogP) is 2.13. The van der Waals surface area contributed by atoms with Crippen molar-refractivity contribution in [1.82, 2.24) is 0 Å². The van der Waals surface area contributed by atoms with E-state index in [1.165, 1.54) is 6.42 Å². The van der Waals surface area contributed by atoms with E-state index in [0.717, 1.165) is 6.42 Å². The lowest BCUT2D eigenvalue weighted by molar-refractivity contribution is 0.204. The SMILES string of the molecule is CCC/C=C/[C@]1(C)O[C@@H]1[C@H](C)CO. The molecule has 2 heteroatoms. The Morgan fingerprint density at radius 2 is 2.31 bits per heavy atom. The van der Waals surface area contributed by atoms with Crippen LogP contribution >= 0.6 is 0 Å². The second-order valence-corrected chi connectivity index (χ2v) is 4.07. The van der Waals surface area contributed by atoms with Crippen LogP contribution in [0.25, 0.3) is 0 Å². The molecular formula is C11H20O2. The van der Waals surface area contributed by atoms with Gasteiger partial charge >= 0.3 is 0 Å². The molecule has 0 aliphatic carbocycles. The van der Waals surface area contributed by atoms with Gasteiger partial charge in [-0.1, -0.05) is 32.4 Å². The van der Waals surface area contributed by atoms with Crippen LogP contribution in [0.1, 0.15) is 33.6 Å². The molecule has 3 atom stereocenters. The zero-order valence-corrected chi connectivity index (χ0v) is 8.79. The maximum atomic E-state index is 8.94. The molecule has 0 aromatic rings. The average molecular weight is 184 g/mol. The van der Waals surface area contributed by atoms with Crippen LogP contribution < -0.4 is 0 Å². The summed E-state index contributed by atoms with van der Waals surface area (Å²) < 4.78 is 5.56. The van der Waals surface area contributed by atoms with Crippen LogP contribution in [-0.4, -0.2) is 23.4 Å². The van der Waals surface area contributed by atoms with Gasteiger partial charge in [-0.15, -0.1) is 0 Å². The third-order valence-electron chi connectivity index (χ3n) is 2.60. The van der Waals surface area contributed by atoms with Crippen LogP contribution in [0.3, 0.4) is 0 Å². The van der Waals surface area contributed by atoms with Crippen molar-refractivity contribution in [2.75, 3.05) is 6.61 Å². The molecular weight excluding hydrogens is 164 g/mol. The third-order valence-corrected chi connectivity index (χ3v) is 2.60. The smallest absolute Gasteiger partial charge is 0.110 e. The normalized spacial score (nSPS) is 35.2. The van der Waals surface area contributed by atoms with Gasteiger partial charge in [-0.3, -0.25) is 0 Å². The molecule has 1 aliphatic heterocycles. The molecule has 1 N–H and O–H groups in total. The Morgan fingerprint density at radius 1 is 1.62 bits per heavy atom. The lowest BCUT2D eigenvalue weighted by Gasteiger charge is -2.04. The summed E-state index contributed by atoms with van der Waals surface area (Å²) in [5.41, 5.74) is -0.0999. The molecule has 13 heavy (non-hydrogen) atoms. The molecule has 0 bridgehead atoms. The minimum Gasteiger partial charge on any atom is -0.396 e. The number of rotatable bonds is 5. The molecule has 0 aromatic heterocycles. The van der Waals surface area contributed by atoms with Crippen LogP contribution in [0.5, 0.6) is 0 Å². The molecule has 1 heterocycles. The highest BCUT2D eigenvalue weighted by atomic mass is 16.6. The zero-order chi connectivity index (χ0) is 9.90. The molecule has 1 fully saturated rings. The van der Waals surface area contributed by atoms with Gasteiger partial charge in [0.1, 0.15) is 5.60 Å². The van der Waals surface area contributed by atoms with E-state index in [0.29, 0.717) is 0 Å². The zero-order valence-electron chi connectivity index (χ0n) is 8.79. The highest BCUT2D eigenvalue weighted by Crippen LogP contribution is 2.42. The van der Waals surface area contributed by atoms with Gasteiger partial charge in [-0.05, 0) is 13.3 Å². The summed E-state index contributed by atoms with van der Waals surface area (Å²) in [6.45, 7) is 6.47. The van der Waals surface area contributed by atoms with Crippen molar-refractivity contribution in [1.29, 1.82) is 0 Å². The fourth-order valence-corrected chi connectivity index (χ4v) is 1.63. The summed E-state index contributed by atoms with van der Waals surface area (Å²) in [6, 6.07) is 0. The Bertz CT molecular complexity index is 189. The molecule has 2 nitrogen and oxygen atoms in total. The van der Waals surface area contributed by atoms with Gasteiger partial charge in [0.25, 0.3) is 0 Å². The van der Waals surface area contributed by atoms with Crippen molar-refractivity contribution in [3.05, 3.63) is 12.2 Å². The fraction of sp³-hybridized carbons (Fsp3) is 0.818. The van der Waals surface area contributed by atoms with E-state index in [1.807, 2.05) is 6.92 Å². The molecule has 0 amide bonds. The number of ether oxygens (including phenoxy) is 1. The van der Waals surface area contributed by atoms with Gasteiger partial charge in [0.2, 0.25) is 0 Å². The quantitative estimate of drug-likeness (QED) is 0.524. The van der Waals surface area contributed by atoms with E-state index >= 15 is 0 Å². The van der Waals surface area contributed by atoms with E-state index in [1.54, 1.807) is 0 Å². The Morgan fingerprint density at radius 3 is 2.85 bits per heavy atom. The van der Waals surface area contributed by atoms with E-state index in [2.05, 4.69) is 26.0 Å². The first kappa shape index (κ1) is 10.7. The second kappa shape index (κ2) is 4.25. The van der Waals surface area contributed by atoms with Gasteiger partial charge in [0.15, 0.2) is 0 Å². The van der Waals surface area contributed by atoms with Crippen molar-refractivity contribution in [3.63, 3.8) is 0 Å². The number of hydrogen-bond acceptors (Lipinski definition) is 2. The Hall–Kier alpha value is -0.340. The van der Waals surface area contributed by atoms with Gasteiger partial charge in [-0.25, -0.2) is 0 Å². The maximum Gasteiger partial charge on any atom is 0.110 e.